The summed E-state index contributed by atoms with van der Waals surface area (Å²) in [6, 6.07) is 26.0. The normalized spacial score (nSPS) is 16.6. The molecule has 8 bridgehead atoms. The minimum atomic E-state index is -2.39. The van der Waals surface area contributed by atoms with Gasteiger partial charge in [-0.15, -0.1) is 0 Å². The zero-order chi connectivity index (χ0) is 40.6. The van der Waals surface area contributed by atoms with E-state index < -0.39 is 103 Å². The van der Waals surface area contributed by atoms with Crippen LogP contribution < -0.4 is 21.7 Å². The number of fused-ring (bicyclic) bond motifs is 8. The van der Waals surface area contributed by atoms with E-state index in [0.29, 0.717) is 11.1 Å². The molecule has 0 fully saturated rings. The summed E-state index contributed by atoms with van der Waals surface area (Å²) in [5.74, 6) is -23.6. The minimum Gasteiger partial charge on any atom is -0.456 e. The summed E-state index contributed by atoms with van der Waals surface area (Å²) in [6.45, 7) is 0. The van der Waals surface area contributed by atoms with Gasteiger partial charge in [0.1, 0.15) is 44.7 Å². The molecule has 0 saturated carbocycles. The van der Waals surface area contributed by atoms with Gasteiger partial charge in [0.2, 0.25) is 11.6 Å². The highest BCUT2D eigenvalue weighted by molar-refractivity contribution is 5.83. The van der Waals surface area contributed by atoms with E-state index >= 15 is 17.6 Å². The van der Waals surface area contributed by atoms with E-state index in [4.69, 9.17) is 17.7 Å². The van der Waals surface area contributed by atoms with Crippen LogP contribution in [0.3, 0.4) is 0 Å². The highest BCUT2D eigenvalue weighted by Crippen LogP contribution is 2.36. The molecule has 0 aliphatic carbocycles. The molecule has 0 atom stereocenters. The lowest BCUT2D eigenvalue weighted by molar-refractivity contribution is 0.375. The van der Waals surface area contributed by atoms with Gasteiger partial charge in [-0.1, -0.05) is 60.7 Å². The van der Waals surface area contributed by atoms with Crippen molar-refractivity contribution in [3.63, 3.8) is 0 Å². The third-order valence-corrected chi connectivity index (χ3v) is 9.44. The Hall–Kier alpha value is -7.22. The summed E-state index contributed by atoms with van der Waals surface area (Å²) >= 11 is 0. The highest BCUT2D eigenvalue weighted by atomic mass is 19.2. The van der Waals surface area contributed by atoms with Crippen LogP contribution >= 0.6 is 0 Å². The second kappa shape index (κ2) is 13.8. The SMILES string of the molecule is Fc1c(F)c(F)c(/C2=c3\cc/c(o3)=C(\c3ccccc3)c3ccc(o3)/C(c3c(F)c(F)c(F)c(F)c3F)=c3/cc/c(o3)=C(\c3ccccc3)c3ccc2o3)c(F)c1F. The van der Waals surface area contributed by atoms with Crippen molar-refractivity contribution in [3.05, 3.63) is 234 Å². The second-order valence-electron chi connectivity index (χ2n) is 12.8. The van der Waals surface area contributed by atoms with Crippen LogP contribution in [0, 0.1) is 58.2 Å². The standard InChI is InChI=1S/C44H18F10O4/c45-35-33(36(46)40(50)43(53)39(35)49)31-25-15-11-21(55-25)29(19-7-3-1-4-8-19)22-12-16-26(56-22)32(34-37(47)41(51)44(54)42(52)38(34)48)28-18-14-24(58-28)30(20-9-5-2-6-10-20)23-13-17-27(31)57-23/h1-18H/b29-21-,29-22?,30-23?,30-24-,31-25+,31-27?,32-26?,32-28+. The van der Waals surface area contributed by atoms with E-state index in [1.807, 2.05) is 0 Å². The number of hydrogen-bond donors (Lipinski definition) is 0. The van der Waals surface area contributed by atoms with Crippen LogP contribution in [0.4, 0.5) is 43.9 Å². The molecule has 0 radical (unpaired) electrons. The fraction of sp³-hybridized carbons (Fsp3) is 0. The van der Waals surface area contributed by atoms with E-state index in [1.54, 1.807) is 60.7 Å². The smallest absolute Gasteiger partial charge is 0.200 e. The van der Waals surface area contributed by atoms with Crippen molar-refractivity contribution in [2.24, 2.45) is 0 Å². The average Bonchev–Trinajstić information content (AvgIpc) is 4.09. The first-order chi connectivity index (χ1) is 27.9. The zero-order valence-electron chi connectivity index (χ0n) is 28.8. The third-order valence-electron chi connectivity index (χ3n) is 9.44. The van der Waals surface area contributed by atoms with Gasteiger partial charge in [-0.25, -0.2) is 43.9 Å². The molecule has 0 N–H and O–H groups in total. The molecule has 0 saturated heterocycles. The van der Waals surface area contributed by atoms with Gasteiger partial charge in [0.15, 0.2) is 46.5 Å². The Morgan fingerprint density at radius 1 is 0.241 bits per heavy atom. The molecule has 58 heavy (non-hydrogen) atoms. The third kappa shape index (κ3) is 5.62. The molecule has 0 amide bonds. The highest BCUT2D eigenvalue weighted by Gasteiger charge is 2.33. The molecule has 288 valence electrons. The van der Waals surface area contributed by atoms with E-state index in [-0.39, 0.29) is 33.5 Å². The van der Waals surface area contributed by atoms with Crippen LogP contribution in [0.15, 0.2) is 127 Å². The maximum absolute atomic E-state index is 15.7. The maximum Gasteiger partial charge on any atom is 0.200 e. The van der Waals surface area contributed by atoms with E-state index in [2.05, 4.69) is 0 Å². The Labute approximate surface area is 317 Å². The predicted molar refractivity (Wildman–Crippen MR) is 185 cm³/mol. The van der Waals surface area contributed by atoms with Crippen molar-refractivity contribution in [1.82, 2.24) is 0 Å². The molecule has 0 spiro atoms. The molecular weight excluding hydrogens is 782 g/mol. The van der Waals surface area contributed by atoms with Gasteiger partial charge in [-0.2, -0.15) is 0 Å². The van der Waals surface area contributed by atoms with Crippen LogP contribution in [-0.2, 0) is 0 Å². The Morgan fingerprint density at radius 2 is 0.500 bits per heavy atom. The molecule has 8 aromatic rings. The Bertz CT molecular complexity index is 2950. The lowest BCUT2D eigenvalue weighted by Crippen LogP contribution is -2.15. The quantitative estimate of drug-likeness (QED) is 0.102. The van der Waals surface area contributed by atoms with Crippen LogP contribution in [0.25, 0.3) is 22.3 Å². The number of furan rings is 4. The van der Waals surface area contributed by atoms with Gasteiger partial charge < -0.3 is 17.7 Å². The van der Waals surface area contributed by atoms with Gasteiger partial charge in [0, 0.05) is 0 Å². The summed E-state index contributed by atoms with van der Waals surface area (Å²) in [5.41, 5.74) is -4.41. The first-order valence-corrected chi connectivity index (χ1v) is 17.0. The fourth-order valence-electron chi connectivity index (χ4n) is 6.83. The largest absolute Gasteiger partial charge is 0.456 e. The van der Waals surface area contributed by atoms with E-state index in [1.165, 1.54) is 48.5 Å². The van der Waals surface area contributed by atoms with Gasteiger partial charge in [0.25, 0.3) is 0 Å². The average molecular weight is 801 g/mol. The van der Waals surface area contributed by atoms with Crippen molar-refractivity contribution in [2.75, 3.05) is 0 Å². The molecule has 4 aromatic carbocycles. The minimum absolute atomic E-state index is 0.0682. The number of benzene rings is 4. The lowest BCUT2D eigenvalue weighted by atomic mass is 10.0. The van der Waals surface area contributed by atoms with Crippen molar-refractivity contribution >= 4 is 22.3 Å². The van der Waals surface area contributed by atoms with Crippen molar-refractivity contribution in [2.45, 2.75) is 0 Å². The first-order valence-electron chi connectivity index (χ1n) is 17.0. The van der Waals surface area contributed by atoms with E-state index in [0.717, 1.165) is 0 Å². The monoisotopic (exact) mass is 800 g/mol. The Kier molecular flexibility index (Phi) is 8.64. The molecule has 1 aliphatic heterocycles. The van der Waals surface area contributed by atoms with Crippen LogP contribution in [-0.4, -0.2) is 0 Å². The number of hydrogen-bond acceptors (Lipinski definition) is 4. The Morgan fingerprint density at radius 3 is 0.810 bits per heavy atom. The second-order valence-corrected chi connectivity index (χ2v) is 12.8. The molecule has 9 rings (SSSR count). The van der Waals surface area contributed by atoms with Gasteiger partial charge >= 0.3 is 0 Å². The van der Waals surface area contributed by atoms with Gasteiger partial charge in [0.05, 0.1) is 33.4 Å². The van der Waals surface area contributed by atoms with Crippen LogP contribution in [0.1, 0.15) is 45.3 Å². The molecule has 5 heterocycles. The molecular formula is C44H18F10O4. The molecule has 4 aromatic heterocycles. The molecule has 4 nitrogen and oxygen atoms in total. The fourth-order valence-corrected chi connectivity index (χ4v) is 6.83. The number of rotatable bonds is 4. The maximum atomic E-state index is 15.7. The van der Waals surface area contributed by atoms with Crippen molar-refractivity contribution < 1.29 is 61.6 Å². The van der Waals surface area contributed by atoms with Crippen molar-refractivity contribution in [1.29, 1.82) is 0 Å². The Balaban J connectivity index is 1.49. The summed E-state index contributed by atoms with van der Waals surface area (Å²) in [6.07, 6.45) is 0. The molecule has 14 heteroatoms. The van der Waals surface area contributed by atoms with Gasteiger partial charge in [-0.3, -0.25) is 0 Å². The summed E-state index contributed by atoms with van der Waals surface area (Å²) in [7, 11) is 0. The predicted octanol–water partition coefficient (Wildman–Crippen LogP) is 8.75. The first kappa shape index (κ1) is 36.4. The summed E-state index contributed by atoms with van der Waals surface area (Å²) in [5, 5.41) is 0. The summed E-state index contributed by atoms with van der Waals surface area (Å²) in [4.78, 5) is 0. The van der Waals surface area contributed by atoms with E-state index in [9.17, 15) is 26.3 Å². The lowest BCUT2D eigenvalue weighted by Gasteiger charge is -2.11. The zero-order valence-corrected chi connectivity index (χ0v) is 28.8. The molecule has 1 aliphatic rings. The summed E-state index contributed by atoms with van der Waals surface area (Å²) < 4.78 is 175. The van der Waals surface area contributed by atoms with Crippen molar-refractivity contribution in [3.8, 4) is 0 Å². The molecule has 0 unspecified atom stereocenters. The number of halogens is 10. The van der Waals surface area contributed by atoms with Crippen LogP contribution in [0.2, 0.25) is 0 Å². The van der Waals surface area contributed by atoms with Gasteiger partial charge in [-0.05, 0) is 59.7 Å². The van der Waals surface area contributed by atoms with Crippen LogP contribution in [0.5, 0.6) is 0 Å². The topological polar surface area (TPSA) is 52.6 Å².